The quantitative estimate of drug-likeness (QED) is 0.123. The minimum atomic E-state index is 0.329. The standard InChI is InChI=1S/C25H46O/c1-4-6-8-10-12-14-16-18-20-22-25(24(3)26)23-21-19-17-15-13-11-9-7-5-2/h4-5,25-26H,1-3,6-23H2. The van der Waals surface area contributed by atoms with Gasteiger partial charge < -0.3 is 5.11 Å². The van der Waals surface area contributed by atoms with Crippen LogP contribution < -0.4 is 0 Å². The summed E-state index contributed by atoms with van der Waals surface area (Å²) in [5, 5.41) is 9.85. The van der Waals surface area contributed by atoms with Gasteiger partial charge in [-0.25, -0.2) is 0 Å². The normalized spacial score (nSPS) is 11.0. The van der Waals surface area contributed by atoms with Gasteiger partial charge in [0, 0.05) is 5.92 Å². The van der Waals surface area contributed by atoms with E-state index in [0.717, 1.165) is 25.7 Å². The molecular weight excluding hydrogens is 316 g/mol. The smallest absolute Gasteiger partial charge is 0.0881 e. The average Bonchev–Trinajstić information content (AvgIpc) is 2.63. The maximum atomic E-state index is 9.85. The van der Waals surface area contributed by atoms with Gasteiger partial charge >= 0.3 is 0 Å². The van der Waals surface area contributed by atoms with Crippen molar-refractivity contribution in [3.8, 4) is 0 Å². The van der Waals surface area contributed by atoms with Crippen molar-refractivity contribution < 1.29 is 5.11 Å². The van der Waals surface area contributed by atoms with E-state index in [0.29, 0.717) is 11.7 Å². The predicted octanol–water partition coefficient (Wildman–Crippen LogP) is 9.07. The summed E-state index contributed by atoms with van der Waals surface area (Å²) in [6, 6.07) is 0. The van der Waals surface area contributed by atoms with Crippen LogP contribution in [0.3, 0.4) is 0 Å². The Morgan fingerprint density at radius 2 is 0.885 bits per heavy atom. The molecule has 1 nitrogen and oxygen atoms in total. The Labute approximate surface area is 164 Å². The highest BCUT2D eigenvalue weighted by Crippen LogP contribution is 2.23. The lowest BCUT2D eigenvalue weighted by molar-refractivity contribution is 0.298. The summed E-state index contributed by atoms with van der Waals surface area (Å²) >= 11 is 0. The Balaban J connectivity index is 3.49. The molecule has 0 spiro atoms. The Morgan fingerprint density at radius 3 is 1.19 bits per heavy atom. The van der Waals surface area contributed by atoms with Gasteiger partial charge in [-0.1, -0.05) is 95.8 Å². The van der Waals surface area contributed by atoms with Gasteiger partial charge in [-0.3, -0.25) is 0 Å². The SMILES string of the molecule is C=CCCCCCCCCCC(CCCCCCCCCC=C)C(=C)O. The van der Waals surface area contributed by atoms with Crippen molar-refractivity contribution in [3.63, 3.8) is 0 Å². The Morgan fingerprint density at radius 1 is 0.577 bits per heavy atom. The fraction of sp³-hybridized carbons (Fsp3) is 0.760. The highest BCUT2D eigenvalue weighted by molar-refractivity contribution is 4.88. The number of rotatable bonds is 21. The van der Waals surface area contributed by atoms with Crippen molar-refractivity contribution in [2.45, 2.75) is 116 Å². The van der Waals surface area contributed by atoms with Gasteiger partial charge in [-0.05, 0) is 38.5 Å². The molecule has 0 aliphatic heterocycles. The molecular formula is C25H46O. The minimum absolute atomic E-state index is 0.329. The van der Waals surface area contributed by atoms with E-state index in [1.165, 1.54) is 89.9 Å². The zero-order valence-electron chi connectivity index (χ0n) is 17.5. The minimum Gasteiger partial charge on any atom is -0.513 e. The zero-order chi connectivity index (χ0) is 19.3. The van der Waals surface area contributed by atoms with Crippen molar-refractivity contribution in [1.29, 1.82) is 0 Å². The van der Waals surface area contributed by atoms with Crippen LogP contribution in [-0.2, 0) is 0 Å². The Bertz CT molecular complexity index is 305. The second-order valence-corrected chi connectivity index (χ2v) is 7.87. The lowest BCUT2D eigenvalue weighted by atomic mass is 9.93. The molecule has 0 aromatic rings. The lowest BCUT2D eigenvalue weighted by Gasteiger charge is -2.15. The molecule has 0 bridgehead atoms. The van der Waals surface area contributed by atoms with Gasteiger partial charge in [0.15, 0.2) is 0 Å². The molecule has 0 aromatic heterocycles. The molecule has 1 heteroatoms. The first kappa shape index (κ1) is 25.0. The van der Waals surface area contributed by atoms with Crippen molar-refractivity contribution in [2.24, 2.45) is 5.92 Å². The van der Waals surface area contributed by atoms with Crippen molar-refractivity contribution in [3.05, 3.63) is 37.6 Å². The predicted molar refractivity (Wildman–Crippen MR) is 119 cm³/mol. The first-order valence-corrected chi connectivity index (χ1v) is 11.3. The van der Waals surface area contributed by atoms with Crippen LogP contribution in [0.15, 0.2) is 37.6 Å². The number of allylic oxidation sites excluding steroid dienone is 3. The first-order valence-electron chi connectivity index (χ1n) is 11.3. The van der Waals surface area contributed by atoms with Crippen molar-refractivity contribution >= 4 is 0 Å². The van der Waals surface area contributed by atoms with Gasteiger partial charge in [-0.15, -0.1) is 13.2 Å². The molecule has 26 heavy (non-hydrogen) atoms. The average molecular weight is 363 g/mol. The fourth-order valence-electron chi connectivity index (χ4n) is 3.60. The molecule has 0 rings (SSSR count). The number of hydrogen-bond acceptors (Lipinski definition) is 1. The molecule has 1 N–H and O–H groups in total. The maximum absolute atomic E-state index is 9.85. The fourth-order valence-corrected chi connectivity index (χ4v) is 3.60. The second-order valence-electron chi connectivity index (χ2n) is 7.87. The summed E-state index contributed by atoms with van der Waals surface area (Å²) in [7, 11) is 0. The molecule has 0 aromatic carbocycles. The summed E-state index contributed by atoms with van der Waals surface area (Å²) in [5.74, 6) is 0.744. The van der Waals surface area contributed by atoms with E-state index in [1.807, 2.05) is 12.2 Å². The van der Waals surface area contributed by atoms with Crippen LogP contribution in [0.4, 0.5) is 0 Å². The first-order chi connectivity index (χ1) is 12.7. The molecule has 0 radical (unpaired) electrons. The van der Waals surface area contributed by atoms with Gasteiger partial charge in [0.25, 0.3) is 0 Å². The van der Waals surface area contributed by atoms with Crippen molar-refractivity contribution in [1.82, 2.24) is 0 Å². The number of hydrogen-bond donors (Lipinski definition) is 1. The monoisotopic (exact) mass is 362 g/mol. The molecule has 0 amide bonds. The summed E-state index contributed by atoms with van der Waals surface area (Å²) in [6.45, 7) is 11.3. The second kappa shape index (κ2) is 20.3. The highest BCUT2D eigenvalue weighted by atomic mass is 16.3. The zero-order valence-corrected chi connectivity index (χ0v) is 17.5. The third-order valence-corrected chi connectivity index (χ3v) is 5.39. The van der Waals surface area contributed by atoms with Gasteiger partial charge in [0.1, 0.15) is 0 Å². The summed E-state index contributed by atoms with van der Waals surface area (Å²) in [6.07, 6.45) is 27.1. The van der Waals surface area contributed by atoms with Crippen molar-refractivity contribution in [2.75, 3.05) is 0 Å². The van der Waals surface area contributed by atoms with Crippen LogP contribution in [0.1, 0.15) is 116 Å². The van der Waals surface area contributed by atoms with Crippen LogP contribution in [-0.4, -0.2) is 5.11 Å². The molecule has 152 valence electrons. The molecule has 0 aliphatic carbocycles. The molecule has 0 unspecified atom stereocenters. The van der Waals surface area contributed by atoms with E-state index in [9.17, 15) is 5.11 Å². The van der Waals surface area contributed by atoms with E-state index in [4.69, 9.17) is 0 Å². The molecule has 0 aliphatic rings. The summed E-state index contributed by atoms with van der Waals surface area (Å²) in [5.41, 5.74) is 0. The lowest BCUT2D eigenvalue weighted by Crippen LogP contribution is -2.03. The van der Waals surface area contributed by atoms with E-state index in [1.54, 1.807) is 0 Å². The number of aliphatic hydroxyl groups is 1. The van der Waals surface area contributed by atoms with Crippen LogP contribution in [0.5, 0.6) is 0 Å². The number of aliphatic hydroxyl groups excluding tert-OH is 1. The van der Waals surface area contributed by atoms with E-state index >= 15 is 0 Å². The topological polar surface area (TPSA) is 20.2 Å². The Hall–Kier alpha value is -0.980. The molecule has 0 fully saturated rings. The van der Waals surface area contributed by atoms with E-state index in [-0.39, 0.29) is 0 Å². The van der Waals surface area contributed by atoms with Gasteiger partial charge in [0.05, 0.1) is 5.76 Å². The third kappa shape index (κ3) is 17.8. The van der Waals surface area contributed by atoms with Gasteiger partial charge in [-0.2, -0.15) is 0 Å². The summed E-state index contributed by atoms with van der Waals surface area (Å²) in [4.78, 5) is 0. The van der Waals surface area contributed by atoms with Crippen LogP contribution in [0.25, 0.3) is 0 Å². The molecule has 0 heterocycles. The molecule has 0 saturated carbocycles. The Kier molecular flexibility index (Phi) is 19.6. The third-order valence-electron chi connectivity index (χ3n) is 5.39. The maximum Gasteiger partial charge on any atom is 0.0881 e. The highest BCUT2D eigenvalue weighted by Gasteiger charge is 2.11. The molecule has 0 saturated heterocycles. The summed E-state index contributed by atoms with van der Waals surface area (Å²) < 4.78 is 0. The van der Waals surface area contributed by atoms with Gasteiger partial charge in [0.2, 0.25) is 0 Å². The van der Waals surface area contributed by atoms with Crippen LogP contribution >= 0.6 is 0 Å². The van der Waals surface area contributed by atoms with E-state index < -0.39 is 0 Å². The largest absolute Gasteiger partial charge is 0.513 e. The molecule has 0 atom stereocenters. The van der Waals surface area contributed by atoms with Crippen LogP contribution in [0.2, 0.25) is 0 Å². The van der Waals surface area contributed by atoms with Crippen LogP contribution in [0, 0.1) is 5.92 Å². The van der Waals surface area contributed by atoms with E-state index in [2.05, 4.69) is 19.7 Å². The number of unbranched alkanes of at least 4 members (excludes halogenated alkanes) is 14.